The highest BCUT2D eigenvalue weighted by Gasteiger charge is 2.16. The fraction of sp³-hybridized carbons (Fsp3) is 0.455. The molecule has 0 unspecified atom stereocenters. The number of nitrogens with zero attached hydrogens (tertiary/aromatic N) is 3. The lowest BCUT2D eigenvalue weighted by atomic mass is 10.1. The van der Waals surface area contributed by atoms with E-state index in [2.05, 4.69) is 24.1 Å². The molecular weight excluding hydrogens is 338 g/mol. The summed E-state index contributed by atoms with van der Waals surface area (Å²) in [7, 11) is 3.96. The second-order valence-electron chi connectivity index (χ2n) is 7.13. The Balaban J connectivity index is 1.56. The number of aryl methyl sites for hydroxylation is 1. The van der Waals surface area contributed by atoms with Crippen LogP contribution < -0.4 is 9.64 Å². The van der Waals surface area contributed by atoms with Crippen LogP contribution in [0.1, 0.15) is 30.2 Å². The van der Waals surface area contributed by atoms with E-state index >= 15 is 0 Å². The van der Waals surface area contributed by atoms with Gasteiger partial charge in [-0.05, 0) is 49.1 Å². The second kappa shape index (κ2) is 8.89. The summed E-state index contributed by atoms with van der Waals surface area (Å²) in [5.74, 6) is 2.02. The molecule has 0 aliphatic carbocycles. The van der Waals surface area contributed by atoms with Gasteiger partial charge in [-0.1, -0.05) is 18.2 Å². The lowest BCUT2D eigenvalue weighted by Crippen LogP contribution is -2.30. The molecule has 0 bridgehead atoms. The summed E-state index contributed by atoms with van der Waals surface area (Å²) in [5, 5.41) is 0. The molecule has 5 nitrogen and oxygen atoms in total. The predicted octanol–water partition coefficient (Wildman–Crippen LogP) is 3.11. The van der Waals surface area contributed by atoms with Gasteiger partial charge in [-0.2, -0.15) is 0 Å². The first-order valence-corrected chi connectivity index (χ1v) is 9.72. The van der Waals surface area contributed by atoms with Crippen LogP contribution in [-0.4, -0.2) is 49.6 Å². The highest BCUT2D eigenvalue weighted by Crippen LogP contribution is 2.24. The van der Waals surface area contributed by atoms with Crippen molar-refractivity contribution < 1.29 is 9.53 Å². The van der Waals surface area contributed by atoms with Crippen molar-refractivity contribution >= 4 is 11.7 Å². The van der Waals surface area contributed by atoms with Crippen LogP contribution in [0.25, 0.3) is 0 Å². The molecule has 1 aromatic carbocycles. The molecule has 144 valence electrons. The van der Waals surface area contributed by atoms with Gasteiger partial charge in [0.25, 0.3) is 0 Å². The van der Waals surface area contributed by atoms with Crippen LogP contribution in [0, 0.1) is 0 Å². The van der Waals surface area contributed by atoms with Crippen molar-refractivity contribution in [2.75, 3.05) is 38.7 Å². The summed E-state index contributed by atoms with van der Waals surface area (Å²) in [4.78, 5) is 21.4. The minimum Gasteiger partial charge on any atom is -0.494 e. The van der Waals surface area contributed by atoms with Crippen molar-refractivity contribution in [2.24, 2.45) is 0 Å². The molecule has 1 aromatic heterocycles. The smallest absolute Gasteiger partial charge is 0.226 e. The molecule has 3 rings (SSSR count). The number of ether oxygens (including phenoxy) is 1. The van der Waals surface area contributed by atoms with Gasteiger partial charge in [-0.15, -0.1) is 0 Å². The Morgan fingerprint density at radius 3 is 2.96 bits per heavy atom. The monoisotopic (exact) mass is 367 g/mol. The van der Waals surface area contributed by atoms with Crippen LogP contribution in [0.3, 0.4) is 0 Å². The van der Waals surface area contributed by atoms with Crippen LogP contribution in [0.5, 0.6) is 5.75 Å². The Bertz CT molecular complexity index is 791. The number of anilines is 1. The minimum absolute atomic E-state index is 0.110. The molecule has 0 spiro atoms. The van der Waals surface area contributed by atoms with Crippen LogP contribution in [0.2, 0.25) is 0 Å². The first-order chi connectivity index (χ1) is 13.1. The number of hydrogen-bond acceptors (Lipinski definition) is 4. The van der Waals surface area contributed by atoms with E-state index in [4.69, 9.17) is 9.72 Å². The Morgan fingerprint density at radius 2 is 2.15 bits per heavy atom. The van der Waals surface area contributed by atoms with Gasteiger partial charge in [0.1, 0.15) is 11.6 Å². The van der Waals surface area contributed by atoms with Crippen LogP contribution in [0.4, 0.5) is 5.82 Å². The third-order valence-electron chi connectivity index (χ3n) is 5.01. The number of benzene rings is 1. The molecular formula is C22H29N3O2. The molecule has 1 aliphatic heterocycles. The van der Waals surface area contributed by atoms with Gasteiger partial charge in [0, 0.05) is 39.3 Å². The van der Waals surface area contributed by atoms with E-state index in [1.165, 1.54) is 12.0 Å². The van der Waals surface area contributed by atoms with E-state index in [-0.39, 0.29) is 5.91 Å². The van der Waals surface area contributed by atoms with Gasteiger partial charge in [-0.3, -0.25) is 4.79 Å². The van der Waals surface area contributed by atoms with E-state index in [9.17, 15) is 4.79 Å². The van der Waals surface area contributed by atoms with Crippen molar-refractivity contribution in [3.05, 3.63) is 53.2 Å². The second-order valence-corrected chi connectivity index (χ2v) is 7.13. The quantitative estimate of drug-likeness (QED) is 0.754. The number of rotatable bonds is 7. The van der Waals surface area contributed by atoms with Crippen LogP contribution in [-0.2, 0) is 24.1 Å². The Morgan fingerprint density at radius 1 is 1.30 bits per heavy atom. The van der Waals surface area contributed by atoms with Gasteiger partial charge in [-0.25, -0.2) is 4.98 Å². The standard InChI is InChI=1S/C22H29N3O2/c1-4-27-20-9-5-7-17(15-20)16-21(26)24(2)14-12-19-11-10-18-8-6-13-25(3)22(18)23-19/h5,7,9-11,15H,4,6,8,12-14,16H2,1-3H3. The third-order valence-corrected chi connectivity index (χ3v) is 5.01. The lowest BCUT2D eigenvalue weighted by molar-refractivity contribution is -0.129. The van der Waals surface area contributed by atoms with Gasteiger partial charge in [0.15, 0.2) is 0 Å². The number of aromatic nitrogens is 1. The number of fused-ring (bicyclic) bond motifs is 1. The summed E-state index contributed by atoms with van der Waals surface area (Å²) >= 11 is 0. The Hall–Kier alpha value is -2.56. The van der Waals surface area contributed by atoms with E-state index in [1.54, 1.807) is 4.90 Å². The maximum atomic E-state index is 12.5. The van der Waals surface area contributed by atoms with Gasteiger partial charge in [0.05, 0.1) is 13.0 Å². The number of amides is 1. The van der Waals surface area contributed by atoms with E-state index in [1.807, 2.05) is 38.2 Å². The first kappa shape index (κ1) is 19.2. The third kappa shape index (κ3) is 5.00. The SMILES string of the molecule is CCOc1cccc(CC(=O)N(C)CCc2ccc3c(n2)N(C)CCC3)c1. The van der Waals surface area contributed by atoms with Crippen molar-refractivity contribution in [2.45, 2.75) is 32.6 Å². The van der Waals surface area contributed by atoms with Gasteiger partial charge < -0.3 is 14.5 Å². The van der Waals surface area contributed by atoms with Crippen molar-refractivity contribution in [3.63, 3.8) is 0 Å². The summed E-state index contributed by atoms with van der Waals surface area (Å²) in [6.07, 6.45) is 3.44. The average molecular weight is 367 g/mol. The summed E-state index contributed by atoms with van der Waals surface area (Å²) in [6.45, 7) is 4.31. The van der Waals surface area contributed by atoms with Crippen molar-refractivity contribution in [1.82, 2.24) is 9.88 Å². The zero-order valence-electron chi connectivity index (χ0n) is 16.6. The Kier molecular flexibility index (Phi) is 6.32. The van der Waals surface area contributed by atoms with Crippen molar-refractivity contribution in [3.8, 4) is 5.75 Å². The summed E-state index contributed by atoms with van der Waals surface area (Å²) in [6, 6.07) is 12.0. The molecule has 0 saturated heterocycles. The molecule has 0 fully saturated rings. The Labute approximate surface area is 162 Å². The molecule has 0 saturated carbocycles. The largest absolute Gasteiger partial charge is 0.494 e. The number of hydrogen-bond donors (Lipinski definition) is 0. The molecule has 0 atom stereocenters. The molecule has 27 heavy (non-hydrogen) atoms. The zero-order valence-corrected chi connectivity index (χ0v) is 16.6. The van der Waals surface area contributed by atoms with Crippen molar-refractivity contribution in [1.29, 1.82) is 0 Å². The van der Waals surface area contributed by atoms with Crippen LogP contribution in [0.15, 0.2) is 36.4 Å². The molecule has 1 amide bonds. The highest BCUT2D eigenvalue weighted by atomic mass is 16.5. The maximum absolute atomic E-state index is 12.5. The highest BCUT2D eigenvalue weighted by molar-refractivity contribution is 5.78. The lowest BCUT2D eigenvalue weighted by Gasteiger charge is -2.26. The number of carbonyl (C=O) groups is 1. The molecule has 5 heteroatoms. The molecule has 2 heterocycles. The first-order valence-electron chi connectivity index (χ1n) is 9.72. The van der Waals surface area contributed by atoms with E-state index in [0.29, 0.717) is 19.6 Å². The van der Waals surface area contributed by atoms with Gasteiger partial charge in [0.2, 0.25) is 5.91 Å². The normalized spacial score (nSPS) is 13.2. The fourth-order valence-electron chi connectivity index (χ4n) is 3.42. The van der Waals surface area contributed by atoms with E-state index in [0.717, 1.165) is 42.2 Å². The van der Waals surface area contributed by atoms with Crippen LogP contribution >= 0.6 is 0 Å². The van der Waals surface area contributed by atoms with E-state index < -0.39 is 0 Å². The number of likely N-dealkylation sites (N-methyl/N-ethyl adjacent to an activating group) is 1. The molecule has 0 radical (unpaired) electrons. The van der Waals surface area contributed by atoms with Gasteiger partial charge >= 0.3 is 0 Å². The zero-order chi connectivity index (χ0) is 19.2. The summed E-state index contributed by atoms with van der Waals surface area (Å²) < 4.78 is 5.51. The number of carbonyl (C=O) groups excluding carboxylic acids is 1. The molecule has 2 aromatic rings. The minimum atomic E-state index is 0.110. The molecule has 1 aliphatic rings. The number of pyridine rings is 1. The average Bonchev–Trinajstić information content (AvgIpc) is 2.67. The molecule has 0 N–H and O–H groups in total. The predicted molar refractivity (Wildman–Crippen MR) is 108 cm³/mol. The maximum Gasteiger partial charge on any atom is 0.226 e. The topological polar surface area (TPSA) is 45.7 Å². The summed E-state index contributed by atoms with van der Waals surface area (Å²) in [5.41, 5.74) is 3.35. The fourth-order valence-corrected chi connectivity index (χ4v) is 3.42.